The fourth-order valence-corrected chi connectivity index (χ4v) is 1.67. The number of carbonyl (C=O) groups is 1. The Morgan fingerprint density at radius 2 is 1.79 bits per heavy atom. The molecule has 0 amide bonds. The third kappa shape index (κ3) is 2.42. The quantitative estimate of drug-likeness (QED) is 0.740. The largest absolute Gasteiger partial charge is 0.313 e. The SMILES string of the molecule is CNC(c1ccc(C=O)cc1)C(C)C. The molecule has 1 aromatic rings. The molecular weight excluding hydrogens is 174 g/mol. The van der Waals surface area contributed by atoms with E-state index >= 15 is 0 Å². The molecule has 0 aliphatic carbocycles. The molecule has 0 aliphatic heterocycles. The number of hydrogen-bond acceptors (Lipinski definition) is 2. The van der Waals surface area contributed by atoms with Crippen molar-refractivity contribution < 1.29 is 4.79 Å². The molecule has 14 heavy (non-hydrogen) atoms. The Bertz CT molecular complexity index is 290. The van der Waals surface area contributed by atoms with Crippen LogP contribution in [0.5, 0.6) is 0 Å². The van der Waals surface area contributed by atoms with Gasteiger partial charge in [-0.15, -0.1) is 0 Å². The topological polar surface area (TPSA) is 29.1 Å². The summed E-state index contributed by atoms with van der Waals surface area (Å²) in [6, 6.07) is 8.08. The normalized spacial score (nSPS) is 12.9. The molecule has 0 saturated heterocycles. The Morgan fingerprint density at radius 3 is 2.14 bits per heavy atom. The molecule has 2 nitrogen and oxygen atoms in total. The number of aldehydes is 1. The Hall–Kier alpha value is -1.15. The first-order valence-electron chi connectivity index (χ1n) is 4.91. The van der Waals surface area contributed by atoms with Crippen molar-refractivity contribution in [2.24, 2.45) is 5.92 Å². The molecule has 0 radical (unpaired) electrons. The van der Waals surface area contributed by atoms with Crippen LogP contribution in [0, 0.1) is 5.92 Å². The van der Waals surface area contributed by atoms with Crippen molar-refractivity contribution in [3.05, 3.63) is 35.4 Å². The van der Waals surface area contributed by atoms with E-state index in [2.05, 4.69) is 19.2 Å². The molecule has 76 valence electrons. The zero-order valence-corrected chi connectivity index (χ0v) is 8.95. The van der Waals surface area contributed by atoms with E-state index in [0.29, 0.717) is 12.0 Å². The van der Waals surface area contributed by atoms with Crippen LogP contribution in [0.4, 0.5) is 0 Å². The predicted molar refractivity (Wildman–Crippen MR) is 58.5 cm³/mol. The van der Waals surface area contributed by atoms with Crippen molar-refractivity contribution >= 4 is 6.29 Å². The monoisotopic (exact) mass is 191 g/mol. The molecule has 0 heterocycles. The average molecular weight is 191 g/mol. The van der Waals surface area contributed by atoms with Gasteiger partial charge in [0, 0.05) is 11.6 Å². The predicted octanol–water partition coefficient (Wildman–Crippen LogP) is 2.42. The number of rotatable bonds is 4. The van der Waals surface area contributed by atoms with Crippen LogP contribution in [0.2, 0.25) is 0 Å². The first-order chi connectivity index (χ1) is 6.69. The van der Waals surface area contributed by atoms with Gasteiger partial charge in [0.2, 0.25) is 0 Å². The molecule has 0 aliphatic rings. The summed E-state index contributed by atoms with van der Waals surface area (Å²) in [6.07, 6.45) is 0.869. The van der Waals surface area contributed by atoms with Crippen LogP contribution in [0.3, 0.4) is 0 Å². The van der Waals surface area contributed by atoms with E-state index in [1.165, 1.54) is 5.56 Å². The van der Waals surface area contributed by atoms with Gasteiger partial charge in [0.1, 0.15) is 6.29 Å². The smallest absolute Gasteiger partial charge is 0.150 e. The Kier molecular flexibility index (Phi) is 3.84. The summed E-state index contributed by atoms with van der Waals surface area (Å²) < 4.78 is 0. The molecule has 0 fully saturated rings. The second-order valence-electron chi connectivity index (χ2n) is 3.79. The molecule has 1 aromatic carbocycles. The Labute approximate surface area is 85.3 Å². The van der Waals surface area contributed by atoms with Gasteiger partial charge >= 0.3 is 0 Å². The van der Waals surface area contributed by atoms with E-state index in [1.54, 1.807) is 0 Å². The minimum Gasteiger partial charge on any atom is -0.313 e. The maximum absolute atomic E-state index is 10.5. The van der Waals surface area contributed by atoms with Gasteiger partial charge in [-0.05, 0) is 18.5 Å². The lowest BCUT2D eigenvalue weighted by atomic mass is 9.95. The third-order valence-corrected chi connectivity index (χ3v) is 2.41. The molecule has 0 bridgehead atoms. The van der Waals surface area contributed by atoms with Gasteiger partial charge in [0.05, 0.1) is 0 Å². The van der Waals surface area contributed by atoms with Crippen molar-refractivity contribution in [2.45, 2.75) is 19.9 Å². The van der Waals surface area contributed by atoms with Crippen LogP contribution in [0.1, 0.15) is 35.8 Å². The van der Waals surface area contributed by atoms with Gasteiger partial charge in [0.15, 0.2) is 0 Å². The summed E-state index contributed by atoms with van der Waals surface area (Å²) in [5.41, 5.74) is 1.96. The standard InChI is InChI=1S/C12H17NO/c1-9(2)12(13-3)11-6-4-10(8-14)5-7-11/h4-9,12-13H,1-3H3. The van der Waals surface area contributed by atoms with Crippen molar-refractivity contribution in [1.82, 2.24) is 5.32 Å². The van der Waals surface area contributed by atoms with Crippen molar-refractivity contribution in [2.75, 3.05) is 7.05 Å². The fourth-order valence-electron chi connectivity index (χ4n) is 1.67. The van der Waals surface area contributed by atoms with E-state index in [-0.39, 0.29) is 0 Å². The van der Waals surface area contributed by atoms with E-state index < -0.39 is 0 Å². The van der Waals surface area contributed by atoms with Crippen molar-refractivity contribution in [3.63, 3.8) is 0 Å². The molecule has 1 rings (SSSR count). The fraction of sp³-hybridized carbons (Fsp3) is 0.417. The highest BCUT2D eigenvalue weighted by Crippen LogP contribution is 2.20. The lowest BCUT2D eigenvalue weighted by Crippen LogP contribution is -2.21. The Morgan fingerprint density at radius 1 is 1.21 bits per heavy atom. The summed E-state index contributed by atoms with van der Waals surface area (Å²) >= 11 is 0. The molecule has 1 unspecified atom stereocenters. The van der Waals surface area contributed by atoms with Gasteiger partial charge in [-0.1, -0.05) is 38.1 Å². The summed E-state index contributed by atoms with van der Waals surface area (Å²) in [7, 11) is 1.96. The first-order valence-corrected chi connectivity index (χ1v) is 4.91. The second kappa shape index (κ2) is 4.91. The first kappa shape index (κ1) is 10.9. The van der Waals surface area contributed by atoms with E-state index in [0.717, 1.165) is 11.8 Å². The van der Waals surface area contributed by atoms with Crippen LogP contribution in [0.15, 0.2) is 24.3 Å². The van der Waals surface area contributed by atoms with Gasteiger partial charge < -0.3 is 5.32 Å². The van der Waals surface area contributed by atoms with Gasteiger partial charge in [-0.25, -0.2) is 0 Å². The van der Waals surface area contributed by atoms with E-state index in [4.69, 9.17) is 0 Å². The highest BCUT2D eigenvalue weighted by atomic mass is 16.1. The third-order valence-electron chi connectivity index (χ3n) is 2.41. The number of carbonyl (C=O) groups excluding carboxylic acids is 1. The summed E-state index contributed by atoms with van der Waals surface area (Å²) in [6.45, 7) is 4.35. The van der Waals surface area contributed by atoms with Gasteiger partial charge in [0.25, 0.3) is 0 Å². The zero-order valence-electron chi connectivity index (χ0n) is 8.95. The van der Waals surface area contributed by atoms with E-state index in [9.17, 15) is 4.79 Å². The summed E-state index contributed by atoms with van der Waals surface area (Å²) in [5.74, 6) is 0.544. The molecule has 0 aromatic heterocycles. The highest BCUT2D eigenvalue weighted by Gasteiger charge is 2.12. The lowest BCUT2D eigenvalue weighted by Gasteiger charge is -2.20. The van der Waals surface area contributed by atoms with Crippen molar-refractivity contribution in [1.29, 1.82) is 0 Å². The van der Waals surface area contributed by atoms with Crippen LogP contribution >= 0.6 is 0 Å². The minimum atomic E-state index is 0.357. The molecule has 1 N–H and O–H groups in total. The molecule has 0 saturated carbocycles. The van der Waals surface area contributed by atoms with Crippen LogP contribution in [-0.2, 0) is 0 Å². The lowest BCUT2D eigenvalue weighted by molar-refractivity contribution is 0.112. The molecule has 0 spiro atoms. The average Bonchev–Trinajstić information content (AvgIpc) is 2.19. The Balaban J connectivity index is 2.89. The minimum absolute atomic E-state index is 0.357. The zero-order chi connectivity index (χ0) is 10.6. The summed E-state index contributed by atoms with van der Waals surface area (Å²) in [5, 5.41) is 3.27. The molecule has 2 heteroatoms. The van der Waals surface area contributed by atoms with Crippen LogP contribution < -0.4 is 5.32 Å². The number of hydrogen-bond donors (Lipinski definition) is 1. The number of benzene rings is 1. The van der Waals surface area contributed by atoms with Gasteiger partial charge in [-0.2, -0.15) is 0 Å². The molecular formula is C12H17NO. The van der Waals surface area contributed by atoms with E-state index in [1.807, 2.05) is 31.3 Å². The maximum Gasteiger partial charge on any atom is 0.150 e. The van der Waals surface area contributed by atoms with Gasteiger partial charge in [-0.3, -0.25) is 4.79 Å². The van der Waals surface area contributed by atoms with Crippen LogP contribution in [-0.4, -0.2) is 13.3 Å². The van der Waals surface area contributed by atoms with Crippen LogP contribution in [0.25, 0.3) is 0 Å². The highest BCUT2D eigenvalue weighted by molar-refractivity contribution is 5.74. The number of nitrogens with one attached hydrogen (secondary N) is 1. The summed E-state index contributed by atoms with van der Waals surface area (Å²) in [4.78, 5) is 10.5. The maximum atomic E-state index is 10.5. The second-order valence-corrected chi connectivity index (χ2v) is 3.79. The van der Waals surface area contributed by atoms with Crippen molar-refractivity contribution in [3.8, 4) is 0 Å². The molecule has 1 atom stereocenters.